The molecule has 1 saturated carbocycles. The topological polar surface area (TPSA) is 35.5 Å². The lowest BCUT2D eigenvalue weighted by atomic mass is 10.1. The number of carbonyl (C=O) groups is 1. The van der Waals surface area contributed by atoms with Crippen LogP contribution in [0.4, 0.5) is 0 Å². The number of ether oxygens (including phenoxy) is 2. The zero-order valence-corrected chi connectivity index (χ0v) is 16.1. The Morgan fingerprint density at radius 1 is 1.08 bits per heavy atom. The second-order valence-electron chi connectivity index (χ2n) is 6.91. The van der Waals surface area contributed by atoms with E-state index in [0.29, 0.717) is 5.75 Å². The maximum Gasteiger partial charge on any atom is 0.310 e. The van der Waals surface area contributed by atoms with Gasteiger partial charge in [-0.05, 0) is 35.6 Å². The summed E-state index contributed by atoms with van der Waals surface area (Å²) in [6.07, 6.45) is 1.71. The fraction of sp³-hybridized carbons (Fsp3) is 0.286. The second-order valence-corrected chi connectivity index (χ2v) is 7.92. The fourth-order valence-electron chi connectivity index (χ4n) is 3.15. The maximum absolute atomic E-state index is 12.5. The van der Waals surface area contributed by atoms with Gasteiger partial charge in [-0.3, -0.25) is 4.79 Å². The summed E-state index contributed by atoms with van der Waals surface area (Å²) in [5, 5.41) is 0. The van der Waals surface area contributed by atoms with Gasteiger partial charge in [-0.25, -0.2) is 0 Å². The molecule has 0 saturated heterocycles. The highest BCUT2D eigenvalue weighted by Gasteiger charge is 2.61. The Hall–Kier alpha value is -1.97. The van der Waals surface area contributed by atoms with Gasteiger partial charge in [0.1, 0.15) is 22.6 Å². The summed E-state index contributed by atoms with van der Waals surface area (Å²) in [6, 6.07) is 17.0. The smallest absolute Gasteiger partial charge is 0.310 e. The standard InChI is InChI=1S/C21H20Cl2O3/c1-21(2)16(12-18(22)23)19(21)20(24)25-13-14-8-6-7-11-17(14)26-15-9-4-3-5-10-15/h3-12,16,19H,13H2,1-2H3. The zero-order chi connectivity index (χ0) is 18.7. The predicted octanol–water partition coefficient (Wildman–Crippen LogP) is 6.11. The van der Waals surface area contributed by atoms with Crippen molar-refractivity contribution in [1.82, 2.24) is 0 Å². The Morgan fingerprint density at radius 3 is 2.42 bits per heavy atom. The van der Waals surface area contributed by atoms with Crippen molar-refractivity contribution in [2.24, 2.45) is 17.3 Å². The summed E-state index contributed by atoms with van der Waals surface area (Å²) in [7, 11) is 0. The van der Waals surface area contributed by atoms with Gasteiger partial charge in [-0.1, -0.05) is 73.4 Å². The van der Waals surface area contributed by atoms with E-state index in [1.54, 1.807) is 6.08 Å². The van der Waals surface area contributed by atoms with Gasteiger partial charge >= 0.3 is 5.97 Å². The molecular formula is C21H20Cl2O3. The van der Waals surface area contributed by atoms with E-state index in [9.17, 15) is 4.79 Å². The molecule has 0 bridgehead atoms. The van der Waals surface area contributed by atoms with E-state index in [-0.39, 0.29) is 34.3 Å². The quantitative estimate of drug-likeness (QED) is 0.557. The molecule has 0 N–H and O–H groups in total. The first-order valence-corrected chi connectivity index (χ1v) is 9.15. The molecule has 5 heteroatoms. The minimum Gasteiger partial charge on any atom is -0.460 e. The van der Waals surface area contributed by atoms with Crippen molar-refractivity contribution in [3.8, 4) is 11.5 Å². The summed E-state index contributed by atoms with van der Waals surface area (Å²) in [5.74, 6) is 0.909. The molecule has 2 aromatic rings. The van der Waals surface area contributed by atoms with E-state index in [4.69, 9.17) is 32.7 Å². The largest absolute Gasteiger partial charge is 0.460 e. The third-order valence-electron chi connectivity index (χ3n) is 4.78. The Morgan fingerprint density at radius 2 is 1.73 bits per heavy atom. The number of esters is 1. The van der Waals surface area contributed by atoms with Crippen LogP contribution in [0.25, 0.3) is 0 Å². The van der Waals surface area contributed by atoms with Gasteiger partial charge in [0.2, 0.25) is 0 Å². The molecule has 3 nitrogen and oxygen atoms in total. The highest BCUT2D eigenvalue weighted by atomic mass is 35.5. The highest BCUT2D eigenvalue weighted by molar-refractivity contribution is 6.55. The molecule has 0 aromatic heterocycles. The number of hydrogen-bond acceptors (Lipinski definition) is 3. The normalized spacial score (nSPS) is 20.2. The lowest BCUT2D eigenvalue weighted by Gasteiger charge is -2.12. The third kappa shape index (κ3) is 4.22. The number of hydrogen-bond donors (Lipinski definition) is 0. The van der Waals surface area contributed by atoms with E-state index in [2.05, 4.69) is 0 Å². The highest BCUT2D eigenvalue weighted by Crippen LogP contribution is 2.60. The van der Waals surface area contributed by atoms with Crippen LogP contribution in [-0.2, 0) is 16.1 Å². The molecular weight excluding hydrogens is 371 g/mol. The molecule has 26 heavy (non-hydrogen) atoms. The summed E-state index contributed by atoms with van der Waals surface area (Å²) in [6.45, 7) is 4.16. The average Bonchev–Trinajstić information content (AvgIpc) is 3.14. The molecule has 1 fully saturated rings. The van der Waals surface area contributed by atoms with Gasteiger partial charge in [0.15, 0.2) is 0 Å². The summed E-state index contributed by atoms with van der Waals surface area (Å²) < 4.78 is 11.6. The molecule has 3 rings (SSSR count). The first-order chi connectivity index (χ1) is 12.4. The van der Waals surface area contributed by atoms with E-state index >= 15 is 0 Å². The van der Waals surface area contributed by atoms with Crippen LogP contribution in [0.3, 0.4) is 0 Å². The Kier molecular flexibility index (Phi) is 5.59. The summed E-state index contributed by atoms with van der Waals surface area (Å²) in [5.41, 5.74) is 0.609. The van der Waals surface area contributed by atoms with Crippen LogP contribution >= 0.6 is 23.2 Å². The first kappa shape index (κ1) is 18.8. The first-order valence-electron chi connectivity index (χ1n) is 8.40. The third-order valence-corrected chi connectivity index (χ3v) is 5.04. The van der Waals surface area contributed by atoms with Crippen molar-refractivity contribution < 1.29 is 14.3 Å². The van der Waals surface area contributed by atoms with Crippen LogP contribution in [-0.4, -0.2) is 5.97 Å². The predicted molar refractivity (Wildman–Crippen MR) is 103 cm³/mol. The van der Waals surface area contributed by atoms with Crippen LogP contribution in [0.1, 0.15) is 19.4 Å². The van der Waals surface area contributed by atoms with E-state index in [0.717, 1.165) is 11.3 Å². The van der Waals surface area contributed by atoms with Crippen molar-refractivity contribution in [3.05, 3.63) is 70.7 Å². The summed E-state index contributed by atoms with van der Waals surface area (Å²) >= 11 is 11.5. The fourth-order valence-corrected chi connectivity index (χ4v) is 3.42. The Bertz CT molecular complexity index is 811. The Balaban J connectivity index is 1.65. The lowest BCUT2D eigenvalue weighted by molar-refractivity contribution is -0.147. The monoisotopic (exact) mass is 390 g/mol. The molecule has 0 heterocycles. The molecule has 1 aliphatic rings. The van der Waals surface area contributed by atoms with Crippen LogP contribution in [0.2, 0.25) is 0 Å². The lowest BCUT2D eigenvalue weighted by Crippen LogP contribution is -2.11. The van der Waals surface area contributed by atoms with E-state index < -0.39 is 0 Å². The van der Waals surface area contributed by atoms with E-state index in [1.807, 2.05) is 68.4 Å². The van der Waals surface area contributed by atoms with Crippen LogP contribution in [0, 0.1) is 17.3 Å². The molecule has 2 unspecified atom stereocenters. The number of para-hydroxylation sites is 2. The molecule has 1 aliphatic carbocycles. The van der Waals surface area contributed by atoms with Crippen LogP contribution < -0.4 is 4.74 Å². The van der Waals surface area contributed by atoms with Crippen molar-refractivity contribution in [2.75, 3.05) is 0 Å². The van der Waals surface area contributed by atoms with Gasteiger partial charge in [-0.15, -0.1) is 0 Å². The van der Waals surface area contributed by atoms with Gasteiger partial charge in [0.05, 0.1) is 5.92 Å². The number of halogens is 2. The number of carbonyl (C=O) groups excluding carboxylic acids is 1. The molecule has 0 aliphatic heterocycles. The van der Waals surface area contributed by atoms with Gasteiger partial charge in [-0.2, -0.15) is 0 Å². The summed E-state index contributed by atoms with van der Waals surface area (Å²) in [4.78, 5) is 12.5. The molecule has 2 aromatic carbocycles. The molecule has 0 radical (unpaired) electrons. The number of rotatable bonds is 6. The molecule has 0 spiro atoms. The minimum atomic E-state index is -0.250. The average molecular weight is 391 g/mol. The van der Waals surface area contributed by atoms with Gasteiger partial charge < -0.3 is 9.47 Å². The SMILES string of the molecule is CC1(C)C(C=C(Cl)Cl)C1C(=O)OCc1ccccc1Oc1ccccc1. The maximum atomic E-state index is 12.5. The molecule has 0 amide bonds. The van der Waals surface area contributed by atoms with Crippen molar-refractivity contribution in [2.45, 2.75) is 20.5 Å². The second kappa shape index (κ2) is 7.73. The number of allylic oxidation sites excluding steroid dienone is 1. The van der Waals surface area contributed by atoms with Crippen LogP contribution in [0.5, 0.6) is 11.5 Å². The minimum absolute atomic E-state index is 0.00388. The van der Waals surface area contributed by atoms with Crippen molar-refractivity contribution >= 4 is 29.2 Å². The van der Waals surface area contributed by atoms with Crippen molar-refractivity contribution in [3.63, 3.8) is 0 Å². The van der Waals surface area contributed by atoms with E-state index in [1.165, 1.54) is 0 Å². The van der Waals surface area contributed by atoms with Crippen LogP contribution in [0.15, 0.2) is 65.2 Å². The van der Waals surface area contributed by atoms with Crippen molar-refractivity contribution in [1.29, 1.82) is 0 Å². The van der Waals surface area contributed by atoms with Gasteiger partial charge in [0.25, 0.3) is 0 Å². The Labute approximate surface area is 163 Å². The zero-order valence-electron chi connectivity index (χ0n) is 14.6. The van der Waals surface area contributed by atoms with Gasteiger partial charge in [0, 0.05) is 5.56 Å². The number of benzene rings is 2. The molecule has 136 valence electrons. The molecule has 2 atom stereocenters.